The fourth-order valence-electron chi connectivity index (χ4n) is 3.11. The molecular formula is C21H21ClN6OS2. The predicted molar refractivity (Wildman–Crippen MR) is 129 cm³/mol. The zero-order chi connectivity index (χ0) is 22.0. The van der Waals surface area contributed by atoms with Gasteiger partial charge in [0.25, 0.3) is 5.56 Å². The molecule has 0 fully saturated rings. The second-order valence-electron chi connectivity index (χ2n) is 7.12. The maximum Gasteiger partial charge on any atom is 0.258 e. The van der Waals surface area contributed by atoms with Gasteiger partial charge in [0.1, 0.15) is 5.82 Å². The molecule has 160 valence electrons. The number of halogens is 1. The molecule has 0 aliphatic heterocycles. The van der Waals surface area contributed by atoms with Crippen molar-refractivity contribution in [1.29, 1.82) is 0 Å². The Kier molecular flexibility index (Phi) is 6.47. The predicted octanol–water partition coefficient (Wildman–Crippen LogP) is 5.10. The van der Waals surface area contributed by atoms with Crippen LogP contribution in [0.15, 0.2) is 47.3 Å². The van der Waals surface area contributed by atoms with Crippen LogP contribution in [-0.4, -0.2) is 31.2 Å². The third kappa shape index (κ3) is 5.19. The van der Waals surface area contributed by atoms with Gasteiger partial charge in [-0.15, -0.1) is 5.10 Å². The molecule has 2 aromatic carbocycles. The average Bonchev–Trinajstić information content (AvgIpc) is 3.07. The van der Waals surface area contributed by atoms with Gasteiger partial charge in [-0.3, -0.25) is 9.69 Å². The van der Waals surface area contributed by atoms with E-state index in [9.17, 15) is 4.79 Å². The molecule has 4 rings (SSSR count). The van der Waals surface area contributed by atoms with Crippen LogP contribution in [0, 0.1) is 10.9 Å². The summed E-state index contributed by atoms with van der Waals surface area (Å²) in [7, 11) is 0. The molecule has 0 saturated carbocycles. The van der Waals surface area contributed by atoms with Gasteiger partial charge in [0.15, 0.2) is 3.95 Å². The standard InChI is InChI=1S/C21H21ClN6OS2/c1-3-27(11-18-24-17-10-14(22)6-9-16(17)19(29)25-18)12-28-21(30)31-20(26-28)23-15-7-4-13(2)5-8-15/h4-10H,3,11-12H2,1-2H3,(H,23,26)(H,24,25,29). The lowest BCUT2D eigenvalue weighted by Crippen LogP contribution is -2.28. The lowest BCUT2D eigenvalue weighted by Gasteiger charge is -2.19. The Morgan fingerprint density at radius 1 is 1.26 bits per heavy atom. The number of anilines is 2. The van der Waals surface area contributed by atoms with Crippen molar-refractivity contribution < 1.29 is 0 Å². The van der Waals surface area contributed by atoms with E-state index in [0.717, 1.165) is 17.4 Å². The number of aryl methyl sites for hydroxylation is 1. The molecule has 0 radical (unpaired) electrons. The van der Waals surface area contributed by atoms with Crippen LogP contribution in [0.3, 0.4) is 0 Å². The van der Waals surface area contributed by atoms with E-state index in [0.29, 0.717) is 38.9 Å². The first-order valence-electron chi connectivity index (χ1n) is 9.73. The van der Waals surface area contributed by atoms with Crippen LogP contribution in [0.25, 0.3) is 10.9 Å². The molecule has 31 heavy (non-hydrogen) atoms. The second kappa shape index (κ2) is 9.27. The number of nitrogens with zero attached hydrogens (tertiary/aromatic N) is 4. The highest BCUT2D eigenvalue weighted by atomic mass is 35.5. The van der Waals surface area contributed by atoms with Gasteiger partial charge in [0.2, 0.25) is 5.13 Å². The van der Waals surface area contributed by atoms with Gasteiger partial charge in [-0.1, -0.05) is 47.6 Å². The summed E-state index contributed by atoms with van der Waals surface area (Å²) in [6.07, 6.45) is 0. The minimum Gasteiger partial charge on any atom is -0.330 e. The van der Waals surface area contributed by atoms with Crippen molar-refractivity contribution >= 4 is 56.9 Å². The van der Waals surface area contributed by atoms with E-state index in [1.807, 2.05) is 38.1 Å². The fraction of sp³-hybridized carbons (Fsp3) is 0.238. The molecule has 0 amide bonds. The summed E-state index contributed by atoms with van der Waals surface area (Å²) < 4.78 is 2.44. The van der Waals surface area contributed by atoms with Gasteiger partial charge in [-0.05, 0) is 56.0 Å². The Morgan fingerprint density at radius 3 is 2.77 bits per heavy atom. The number of hydrogen-bond donors (Lipinski definition) is 2. The molecule has 0 saturated heterocycles. The molecule has 7 nitrogen and oxygen atoms in total. The fourth-order valence-corrected chi connectivity index (χ4v) is 4.28. The van der Waals surface area contributed by atoms with Gasteiger partial charge in [0.05, 0.1) is 24.1 Å². The van der Waals surface area contributed by atoms with Crippen LogP contribution >= 0.6 is 35.2 Å². The first kappa shape index (κ1) is 21.6. The Hall–Kier alpha value is -2.59. The van der Waals surface area contributed by atoms with Crippen molar-refractivity contribution in [3.05, 3.63) is 73.2 Å². The molecular weight excluding hydrogens is 452 g/mol. The highest BCUT2D eigenvalue weighted by Crippen LogP contribution is 2.21. The molecule has 10 heteroatoms. The number of aromatic amines is 1. The Labute approximate surface area is 193 Å². The topological polar surface area (TPSA) is 78.8 Å². The summed E-state index contributed by atoms with van der Waals surface area (Å²) in [4.78, 5) is 21.9. The third-order valence-corrected chi connectivity index (χ3v) is 6.24. The van der Waals surface area contributed by atoms with Crippen molar-refractivity contribution in [2.75, 3.05) is 11.9 Å². The molecule has 2 N–H and O–H groups in total. The minimum atomic E-state index is -0.178. The number of nitrogens with one attached hydrogen (secondary N) is 2. The monoisotopic (exact) mass is 472 g/mol. The van der Waals surface area contributed by atoms with Gasteiger partial charge in [-0.25, -0.2) is 9.67 Å². The zero-order valence-electron chi connectivity index (χ0n) is 17.1. The average molecular weight is 473 g/mol. The summed E-state index contributed by atoms with van der Waals surface area (Å²) in [5.41, 5.74) is 2.56. The lowest BCUT2D eigenvalue weighted by atomic mass is 10.2. The molecule has 2 heterocycles. The van der Waals surface area contributed by atoms with Gasteiger partial charge >= 0.3 is 0 Å². The van der Waals surface area contributed by atoms with Crippen molar-refractivity contribution in [3.8, 4) is 0 Å². The van der Waals surface area contributed by atoms with E-state index in [1.54, 1.807) is 22.9 Å². The molecule has 0 aliphatic carbocycles. The van der Waals surface area contributed by atoms with Gasteiger partial charge in [-0.2, -0.15) is 0 Å². The van der Waals surface area contributed by atoms with Crippen LogP contribution in [-0.2, 0) is 13.2 Å². The van der Waals surface area contributed by atoms with E-state index in [-0.39, 0.29) is 5.56 Å². The molecule has 0 aliphatic rings. The molecule has 0 bridgehead atoms. The highest BCUT2D eigenvalue weighted by Gasteiger charge is 2.12. The van der Waals surface area contributed by atoms with Crippen molar-refractivity contribution in [2.45, 2.75) is 27.1 Å². The van der Waals surface area contributed by atoms with E-state index in [2.05, 4.69) is 25.3 Å². The number of hydrogen-bond acceptors (Lipinski definition) is 7. The molecule has 4 aromatic rings. The second-order valence-corrected chi connectivity index (χ2v) is 9.18. The first-order chi connectivity index (χ1) is 14.9. The molecule has 0 unspecified atom stereocenters. The van der Waals surface area contributed by atoms with Crippen molar-refractivity contribution in [1.82, 2.24) is 24.6 Å². The lowest BCUT2D eigenvalue weighted by molar-refractivity contribution is 0.204. The molecule has 0 atom stereocenters. The Bertz CT molecular complexity index is 1330. The SMILES string of the molecule is CCN(Cc1nc2cc(Cl)ccc2c(=O)[nH]1)Cn1nc(Nc2ccc(C)cc2)sc1=S. The molecule has 2 aromatic heterocycles. The van der Waals surface area contributed by atoms with Crippen LogP contribution in [0.1, 0.15) is 18.3 Å². The van der Waals surface area contributed by atoms with Crippen molar-refractivity contribution in [2.24, 2.45) is 0 Å². The van der Waals surface area contributed by atoms with E-state index in [4.69, 9.17) is 23.8 Å². The summed E-state index contributed by atoms with van der Waals surface area (Å²) in [6.45, 7) is 5.76. The quantitative estimate of drug-likeness (QED) is 0.364. The summed E-state index contributed by atoms with van der Waals surface area (Å²) >= 11 is 13.0. The van der Waals surface area contributed by atoms with Crippen molar-refractivity contribution in [3.63, 3.8) is 0 Å². The Morgan fingerprint density at radius 2 is 2.03 bits per heavy atom. The summed E-state index contributed by atoms with van der Waals surface area (Å²) in [5, 5.41) is 9.70. The third-order valence-electron chi connectivity index (χ3n) is 4.78. The smallest absolute Gasteiger partial charge is 0.258 e. The first-order valence-corrected chi connectivity index (χ1v) is 11.3. The minimum absolute atomic E-state index is 0.178. The van der Waals surface area contributed by atoms with Gasteiger partial charge < -0.3 is 10.3 Å². The maximum absolute atomic E-state index is 12.4. The Balaban J connectivity index is 1.51. The number of aromatic nitrogens is 4. The largest absolute Gasteiger partial charge is 0.330 e. The maximum atomic E-state index is 12.4. The van der Waals surface area contributed by atoms with Gasteiger partial charge in [0, 0.05) is 10.7 Å². The van der Waals surface area contributed by atoms with Crippen LogP contribution in [0.4, 0.5) is 10.8 Å². The zero-order valence-corrected chi connectivity index (χ0v) is 19.4. The number of benzene rings is 2. The number of rotatable bonds is 7. The number of H-pyrrole nitrogens is 1. The highest BCUT2D eigenvalue weighted by molar-refractivity contribution is 7.73. The van der Waals surface area contributed by atoms with Crippen LogP contribution in [0.5, 0.6) is 0 Å². The summed E-state index contributed by atoms with van der Waals surface area (Å²) in [6, 6.07) is 13.2. The summed E-state index contributed by atoms with van der Waals surface area (Å²) in [5.74, 6) is 0.571. The normalized spacial score (nSPS) is 11.4. The van der Waals surface area contributed by atoms with E-state index < -0.39 is 0 Å². The molecule has 0 spiro atoms. The van der Waals surface area contributed by atoms with Crippen LogP contribution < -0.4 is 10.9 Å². The van der Waals surface area contributed by atoms with E-state index in [1.165, 1.54) is 16.9 Å². The van der Waals surface area contributed by atoms with Crippen LogP contribution in [0.2, 0.25) is 5.02 Å². The van der Waals surface area contributed by atoms with E-state index >= 15 is 0 Å². The number of fused-ring (bicyclic) bond motifs is 1.